The molecule has 6 nitrogen and oxygen atoms in total. The molecule has 0 radical (unpaired) electrons. The van der Waals surface area contributed by atoms with Crippen molar-refractivity contribution >= 4 is 17.8 Å². The number of carbonyl (C=O) groups excluding carboxylic acids is 3. The van der Waals surface area contributed by atoms with Crippen LogP contribution in [0.4, 0.5) is 0 Å². The van der Waals surface area contributed by atoms with E-state index in [9.17, 15) is 14.4 Å². The van der Waals surface area contributed by atoms with Gasteiger partial charge in [0.05, 0.1) is 12.1 Å². The largest absolute Gasteiger partial charge is 0.465 e. The summed E-state index contributed by atoms with van der Waals surface area (Å²) in [6, 6.07) is 9.34. The summed E-state index contributed by atoms with van der Waals surface area (Å²) >= 11 is 0. The second kappa shape index (κ2) is 6.59. The Bertz CT molecular complexity index is 759. The highest BCUT2D eigenvalue weighted by molar-refractivity contribution is 5.99. The Morgan fingerprint density at radius 1 is 1.31 bits per heavy atom. The number of amides is 1. The molecule has 2 aliphatic rings. The average molecular weight is 357 g/mol. The summed E-state index contributed by atoms with van der Waals surface area (Å²) in [5, 5.41) is 2.99. The number of rotatable bonds is 5. The third-order valence-corrected chi connectivity index (χ3v) is 5.39. The molecule has 1 amide bonds. The van der Waals surface area contributed by atoms with E-state index in [1.54, 1.807) is 6.92 Å². The number of esters is 2. The van der Waals surface area contributed by atoms with Crippen molar-refractivity contribution < 1.29 is 23.9 Å². The monoisotopic (exact) mass is 357 g/mol. The van der Waals surface area contributed by atoms with E-state index in [1.165, 1.54) is 6.92 Å². The quantitative estimate of drug-likeness (QED) is 0.645. The van der Waals surface area contributed by atoms with Crippen molar-refractivity contribution in [2.24, 2.45) is 11.3 Å². The minimum Gasteiger partial charge on any atom is -0.465 e. The van der Waals surface area contributed by atoms with Crippen LogP contribution in [0.1, 0.15) is 32.8 Å². The Hall–Kier alpha value is -2.63. The second-order valence-corrected chi connectivity index (χ2v) is 6.68. The van der Waals surface area contributed by atoms with E-state index in [0.29, 0.717) is 6.42 Å². The predicted molar refractivity (Wildman–Crippen MR) is 93.8 cm³/mol. The minimum atomic E-state index is -1.28. The number of carbonyl (C=O) groups is 3. The molecule has 1 N–H and O–H groups in total. The molecule has 1 saturated heterocycles. The van der Waals surface area contributed by atoms with Crippen molar-refractivity contribution in [3.05, 3.63) is 48.0 Å². The van der Waals surface area contributed by atoms with Crippen LogP contribution in [0.5, 0.6) is 0 Å². The van der Waals surface area contributed by atoms with Crippen molar-refractivity contribution in [2.75, 3.05) is 6.61 Å². The van der Waals surface area contributed by atoms with Gasteiger partial charge in [-0.25, -0.2) is 0 Å². The van der Waals surface area contributed by atoms with Crippen molar-refractivity contribution in [3.63, 3.8) is 0 Å². The second-order valence-electron chi connectivity index (χ2n) is 6.68. The van der Waals surface area contributed by atoms with Gasteiger partial charge in [0.2, 0.25) is 0 Å². The van der Waals surface area contributed by atoms with Crippen molar-refractivity contribution in [2.45, 2.75) is 38.8 Å². The zero-order valence-corrected chi connectivity index (χ0v) is 15.2. The molecule has 2 fully saturated rings. The first-order valence-electron chi connectivity index (χ1n) is 8.78. The molecule has 1 heterocycles. The summed E-state index contributed by atoms with van der Waals surface area (Å²) < 4.78 is 10.7. The topological polar surface area (TPSA) is 81.7 Å². The molecule has 26 heavy (non-hydrogen) atoms. The zero-order valence-electron chi connectivity index (χ0n) is 15.2. The molecule has 1 aliphatic carbocycles. The summed E-state index contributed by atoms with van der Waals surface area (Å²) in [5.74, 6) is -1.70. The van der Waals surface area contributed by atoms with Crippen LogP contribution >= 0.6 is 0 Å². The molecule has 1 aromatic carbocycles. The van der Waals surface area contributed by atoms with Crippen molar-refractivity contribution in [1.82, 2.24) is 5.32 Å². The Morgan fingerprint density at radius 3 is 2.58 bits per heavy atom. The van der Waals surface area contributed by atoms with Crippen LogP contribution in [0, 0.1) is 11.3 Å². The first kappa shape index (κ1) is 18.2. The molecular formula is C20H23NO5. The molecule has 6 heteroatoms. The molecule has 0 unspecified atom stereocenters. The number of hydrogen-bond donors (Lipinski definition) is 1. The van der Waals surface area contributed by atoms with Crippen LogP contribution < -0.4 is 5.32 Å². The summed E-state index contributed by atoms with van der Waals surface area (Å²) in [4.78, 5) is 37.5. The van der Waals surface area contributed by atoms with Crippen LogP contribution in [0.15, 0.2) is 42.5 Å². The maximum absolute atomic E-state index is 13.1. The number of nitrogens with one attached hydrogen (secondary N) is 1. The van der Waals surface area contributed by atoms with Crippen LogP contribution in [0.25, 0.3) is 0 Å². The highest BCUT2D eigenvalue weighted by Gasteiger charge is 2.80. The molecular weight excluding hydrogens is 334 g/mol. The van der Waals surface area contributed by atoms with E-state index in [0.717, 1.165) is 5.56 Å². The fourth-order valence-electron chi connectivity index (χ4n) is 4.48. The van der Waals surface area contributed by atoms with E-state index >= 15 is 0 Å². The first-order chi connectivity index (χ1) is 12.4. The van der Waals surface area contributed by atoms with E-state index in [1.807, 2.05) is 49.4 Å². The average Bonchev–Trinajstić information content (AvgIpc) is 2.79. The number of fused-ring (bicyclic) bond motifs is 1. The van der Waals surface area contributed by atoms with Crippen LogP contribution in [-0.4, -0.2) is 30.6 Å². The molecule has 1 saturated carbocycles. The lowest BCUT2D eigenvalue weighted by Crippen LogP contribution is -2.69. The predicted octanol–water partition coefficient (Wildman–Crippen LogP) is 2.09. The lowest BCUT2D eigenvalue weighted by Gasteiger charge is -2.58. The van der Waals surface area contributed by atoms with E-state index in [2.05, 4.69) is 5.32 Å². The number of hydrogen-bond acceptors (Lipinski definition) is 5. The van der Waals surface area contributed by atoms with Gasteiger partial charge >= 0.3 is 11.9 Å². The SMILES string of the molecule is C/C=C/[C@H]1C[C@]2(C(=O)OCC)[C@@H](OC(C)=O)C(=O)N[C@]12c1ccccc1. The maximum atomic E-state index is 13.1. The molecule has 138 valence electrons. The minimum absolute atomic E-state index is 0.108. The number of ether oxygens (including phenoxy) is 2. The molecule has 4 atom stereocenters. The van der Waals surface area contributed by atoms with Crippen LogP contribution in [0.3, 0.4) is 0 Å². The van der Waals surface area contributed by atoms with Gasteiger partial charge in [-0.05, 0) is 25.8 Å². The summed E-state index contributed by atoms with van der Waals surface area (Å²) in [6.45, 7) is 5.02. The third kappa shape index (κ3) is 2.28. The normalized spacial score (nSPS) is 32.5. The van der Waals surface area contributed by atoms with Gasteiger partial charge in [-0.3, -0.25) is 14.4 Å². The van der Waals surface area contributed by atoms with Gasteiger partial charge in [0.25, 0.3) is 5.91 Å². The molecule has 0 spiro atoms. The van der Waals surface area contributed by atoms with Crippen LogP contribution in [0.2, 0.25) is 0 Å². The Kier molecular flexibility index (Phi) is 4.61. The van der Waals surface area contributed by atoms with Crippen molar-refractivity contribution in [3.8, 4) is 0 Å². The lowest BCUT2D eigenvalue weighted by atomic mass is 9.46. The van der Waals surface area contributed by atoms with Gasteiger partial charge in [0, 0.05) is 12.8 Å². The third-order valence-electron chi connectivity index (χ3n) is 5.39. The van der Waals surface area contributed by atoms with Gasteiger partial charge in [0.15, 0.2) is 6.10 Å². The molecule has 0 bridgehead atoms. The van der Waals surface area contributed by atoms with Gasteiger partial charge in [0.1, 0.15) is 5.41 Å². The van der Waals surface area contributed by atoms with Gasteiger partial charge in [-0.15, -0.1) is 0 Å². The van der Waals surface area contributed by atoms with E-state index in [-0.39, 0.29) is 12.5 Å². The van der Waals surface area contributed by atoms with Gasteiger partial charge < -0.3 is 14.8 Å². The van der Waals surface area contributed by atoms with Gasteiger partial charge in [-0.2, -0.15) is 0 Å². The maximum Gasteiger partial charge on any atom is 0.319 e. The standard InChI is InChI=1S/C20H23NO5/c1-4-9-15-12-19(18(24)25-5-2)16(26-13(3)22)17(23)21-20(15,19)14-10-7-6-8-11-14/h4,6-11,15-16H,5,12H2,1-3H3,(H,21,23)/b9-4+/t15-,16-,19+,20+/m0/s1. The highest BCUT2D eigenvalue weighted by atomic mass is 16.6. The summed E-state index contributed by atoms with van der Waals surface area (Å²) in [5.41, 5.74) is -1.48. The van der Waals surface area contributed by atoms with E-state index in [4.69, 9.17) is 9.47 Å². The molecule has 0 aromatic heterocycles. The smallest absolute Gasteiger partial charge is 0.319 e. The Labute approximate surface area is 152 Å². The molecule has 1 aliphatic heterocycles. The molecule has 1 aromatic rings. The van der Waals surface area contributed by atoms with Crippen molar-refractivity contribution in [1.29, 1.82) is 0 Å². The highest BCUT2D eigenvalue weighted by Crippen LogP contribution is 2.66. The fourth-order valence-corrected chi connectivity index (χ4v) is 4.48. The summed E-state index contributed by atoms with van der Waals surface area (Å²) in [6.07, 6.45) is 3.03. The fraction of sp³-hybridized carbons (Fsp3) is 0.450. The first-order valence-corrected chi connectivity index (χ1v) is 8.78. The Morgan fingerprint density at radius 2 is 2.00 bits per heavy atom. The lowest BCUT2D eigenvalue weighted by molar-refractivity contribution is -0.194. The zero-order chi connectivity index (χ0) is 18.9. The number of allylic oxidation sites excluding steroid dienone is 1. The number of benzene rings is 1. The molecule has 3 rings (SSSR count). The van der Waals surface area contributed by atoms with Crippen LogP contribution in [-0.2, 0) is 29.4 Å². The van der Waals surface area contributed by atoms with Gasteiger partial charge in [-0.1, -0.05) is 42.5 Å². The Balaban J connectivity index is 2.21. The van der Waals surface area contributed by atoms with E-state index < -0.39 is 34.9 Å². The summed E-state index contributed by atoms with van der Waals surface area (Å²) in [7, 11) is 0.